The Bertz CT molecular complexity index is 1760. The van der Waals surface area contributed by atoms with E-state index in [1.54, 1.807) is 11.9 Å². The number of hydrogen-bond acceptors (Lipinski definition) is 10. The predicted molar refractivity (Wildman–Crippen MR) is 182 cm³/mol. The van der Waals surface area contributed by atoms with Gasteiger partial charge in [-0.05, 0) is 43.2 Å². The van der Waals surface area contributed by atoms with E-state index >= 15 is 0 Å². The molecule has 5 heterocycles. The smallest absolute Gasteiger partial charge is 0.407 e. The molecule has 0 saturated carbocycles. The Morgan fingerprint density at radius 3 is 2.76 bits per heavy atom. The summed E-state index contributed by atoms with van der Waals surface area (Å²) < 4.78 is 18.4. The van der Waals surface area contributed by atoms with Crippen LogP contribution < -0.4 is 14.5 Å². The molecule has 49 heavy (non-hydrogen) atoms. The van der Waals surface area contributed by atoms with Gasteiger partial charge in [-0.1, -0.05) is 35.9 Å². The standard InChI is InChI=1S/C35H40ClN7O6/c1-40-28(29(18-30(40)44)49-31-10-2-3-17-47-31)21-48-34-38-26-20-41(27-9-5-7-22-6-4-8-25(36)32(22)27)14-12-24(26)33(39-34)42-15-16-43(35(45)46)23(19-42)11-13-37/h4-9,23,28-29,31H,2-3,10-12,14-21H2,1H3,(H,45,46)/t23-,28+,29+,31?/m0/s1. The lowest BCUT2D eigenvalue weighted by atomic mass is 10.0. The normalized spacial score (nSPS) is 24.2. The summed E-state index contributed by atoms with van der Waals surface area (Å²) in [5, 5.41) is 22.0. The number of aromatic nitrogens is 2. The number of hydrogen-bond donors (Lipinski definition) is 1. The number of nitrogens with zero attached hydrogens (tertiary/aromatic N) is 7. The number of carbonyl (C=O) groups is 2. The minimum absolute atomic E-state index is 0.0225. The lowest BCUT2D eigenvalue weighted by molar-refractivity contribution is -0.193. The van der Waals surface area contributed by atoms with Gasteiger partial charge in [0.05, 0.1) is 54.4 Å². The molecule has 4 aliphatic heterocycles. The molecule has 0 spiro atoms. The second-order valence-electron chi connectivity index (χ2n) is 13.0. The zero-order valence-electron chi connectivity index (χ0n) is 27.5. The van der Waals surface area contributed by atoms with Crippen molar-refractivity contribution in [2.24, 2.45) is 0 Å². The number of ether oxygens (including phenoxy) is 3. The molecular formula is C35H40ClN7O6. The monoisotopic (exact) mass is 689 g/mol. The average molecular weight is 690 g/mol. The number of nitriles is 1. The summed E-state index contributed by atoms with van der Waals surface area (Å²) in [6, 6.07) is 13.5. The summed E-state index contributed by atoms with van der Waals surface area (Å²) in [5.41, 5.74) is 2.78. The van der Waals surface area contributed by atoms with Gasteiger partial charge < -0.3 is 38.9 Å². The molecule has 1 N–H and O–H groups in total. The van der Waals surface area contributed by atoms with Crippen molar-refractivity contribution in [1.82, 2.24) is 19.8 Å². The van der Waals surface area contributed by atoms with E-state index in [0.717, 1.165) is 47.0 Å². The molecule has 2 aromatic carbocycles. The quantitative estimate of drug-likeness (QED) is 0.358. The van der Waals surface area contributed by atoms with Gasteiger partial charge >= 0.3 is 12.1 Å². The first-order valence-electron chi connectivity index (χ1n) is 16.9. The Hall–Kier alpha value is -4.38. The van der Waals surface area contributed by atoms with Gasteiger partial charge in [0.15, 0.2) is 6.29 Å². The maximum atomic E-state index is 12.8. The number of likely N-dealkylation sites (N-methyl/N-ethyl adjacent to an activating group) is 1. The second-order valence-corrected chi connectivity index (χ2v) is 13.4. The fourth-order valence-corrected chi connectivity index (χ4v) is 7.74. The van der Waals surface area contributed by atoms with Gasteiger partial charge in [0.1, 0.15) is 12.4 Å². The fraction of sp³-hybridized carbons (Fsp3) is 0.514. The van der Waals surface area contributed by atoms with Gasteiger partial charge in [-0.25, -0.2) is 4.79 Å². The van der Waals surface area contributed by atoms with E-state index in [2.05, 4.69) is 21.9 Å². The highest BCUT2D eigenvalue weighted by molar-refractivity contribution is 6.36. The molecule has 3 aromatic rings. The van der Waals surface area contributed by atoms with Gasteiger partial charge in [-0.15, -0.1) is 0 Å². The predicted octanol–water partition coefficient (Wildman–Crippen LogP) is 4.45. The summed E-state index contributed by atoms with van der Waals surface area (Å²) in [6.45, 7) is 2.93. The van der Waals surface area contributed by atoms with Crippen molar-refractivity contribution in [3.8, 4) is 12.1 Å². The first-order chi connectivity index (χ1) is 23.8. The molecule has 0 bridgehead atoms. The van der Waals surface area contributed by atoms with Gasteiger partial charge in [0.2, 0.25) is 5.91 Å². The molecule has 0 aliphatic carbocycles. The van der Waals surface area contributed by atoms with E-state index in [9.17, 15) is 20.0 Å². The van der Waals surface area contributed by atoms with Crippen LogP contribution in [0.2, 0.25) is 5.02 Å². The summed E-state index contributed by atoms with van der Waals surface area (Å²) in [7, 11) is 1.76. The molecule has 258 valence electrons. The molecule has 4 atom stereocenters. The Morgan fingerprint density at radius 2 is 1.98 bits per heavy atom. The van der Waals surface area contributed by atoms with Gasteiger partial charge in [-0.2, -0.15) is 15.2 Å². The molecule has 0 radical (unpaired) electrons. The van der Waals surface area contributed by atoms with Crippen LogP contribution in [0.25, 0.3) is 10.8 Å². The number of halogens is 1. The topological polar surface area (TPSA) is 145 Å². The maximum Gasteiger partial charge on any atom is 0.407 e. The van der Waals surface area contributed by atoms with E-state index in [1.165, 1.54) is 4.90 Å². The Balaban J connectivity index is 1.19. The Labute approximate surface area is 289 Å². The highest BCUT2D eigenvalue weighted by Crippen LogP contribution is 2.37. The van der Waals surface area contributed by atoms with Crippen molar-refractivity contribution in [2.75, 3.05) is 56.2 Å². The molecule has 3 fully saturated rings. The van der Waals surface area contributed by atoms with Crippen LogP contribution in [-0.2, 0) is 27.2 Å². The van der Waals surface area contributed by atoms with Crippen molar-refractivity contribution < 1.29 is 28.9 Å². The minimum atomic E-state index is -1.04. The summed E-state index contributed by atoms with van der Waals surface area (Å²) in [4.78, 5) is 41.9. The number of fused-ring (bicyclic) bond motifs is 2. The van der Waals surface area contributed by atoms with E-state index in [0.29, 0.717) is 50.0 Å². The molecule has 14 heteroatoms. The molecule has 3 saturated heterocycles. The number of anilines is 2. The Kier molecular flexibility index (Phi) is 9.62. The largest absolute Gasteiger partial charge is 0.465 e. The zero-order chi connectivity index (χ0) is 34.1. The highest BCUT2D eigenvalue weighted by atomic mass is 35.5. The number of carbonyl (C=O) groups excluding carboxylic acids is 1. The third-order valence-corrected chi connectivity index (χ3v) is 10.4. The molecule has 7 rings (SSSR count). The first kappa shape index (κ1) is 33.1. The van der Waals surface area contributed by atoms with E-state index in [4.69, 9.17) is 35.8 Å². The van der Waals surface area contributed by atoms with Crippen molar-refractivity contribution in [3.63, 3.8) is 0 Å². The van der Waals surface area contributed by atoms with Crippen molar-refractivity contribution in [1.29, 1.82) is 5.26 Å². The lowest BCUT2D eigenvalue weighted by Gasteiger charge is -2.41. The Morgan fingerprint density at radius 1 is 1.14 bits per heavy atom. The van der Waals surface area contributed by atoms with Crippen LogP contribution in [-0.4, -0.2) is 108 Å². The SMILES string of the molecule is CN1C(=O)C[C@@H](OC2CCCCO2)[C@H]1COc1nc2c(c(N3CCN(C(=O)O)[C@@H](CC#N)C3)n1)CCN(c1cccc3cccc(Cl)c13)C2. The molecule has 1 aromatic heterocycles. The van der Waals surface area contributed by atoms with E-state index in [1.807, 2.05) is 30.3 Å². The van der Waals surface area contributed by atoms with Crippen molar-refractivity contribution in [3.05, 3.63) is 52.7 Å². The first-order valence-corrected chi connectivity index (χ1v) is 17.3. The maximum absolute atomic E-state index is 12.8. The number of rotatable bonds is 8. The summed E-state index contributed by atoms with van der Waals surface area (Å²) in [5.74, 6) is 0.661. The minimum Gasteiger partial charge on any atom is -0.465 e. The van der Waals surface area contributed by atoms with Gasteiger partial charge in [0, 0.05) is 56.5 Å². The van der Waals surface area contributed by atoms with E-state index in [-0.39, 0.29) is 56.3 Å². The van der Waals surface area contributed by atoms with Crippen LogP contribution in [0.5, 0.6) is 6.01 Å². The average Bonchev–Trinajstić information content (AvgIpc) is 3.37. The number of benzene rings is 2. The van der Waals surface area contributed by atoms with Crippen LogP contribution in [0.1, 0.15) is 43.4 Å². The number of piperazine rings is 1. The number of likely N-dealkylation sites (tertiary alicyclic amines) is 1. The van der Waals surface area contributed by atoms with Crippen LogP contribution in [0, 0.1) is 11.3 Å². The van der Waals surface area contributed by atoms with Crippen LogP contribution in [0.4, 0.5) is 16.3 Å². The van der Waals surface area contributed by atoms with Crippen molar-refractivity contribution in [2.45, 2.75) is 69.5 Å². The van der Waals surface area contributed by atoms with E-state index < -0.39 is 12.1 Å². The van der Waals surface area contributed by atoms with Gasteiger partial charge in [-0.3, -0.25) is 4.79 Å². The molecule has 4 aliphatic rings. The third-order valence-electron chi connectivity index (χ3n) is 10.1. The number of carboxylic acid groups (broad SMARTS) is 1. The molecular weight excluding hydrogens is 650 g/mol. The summed E-state index contributed by atoms with van der Waals surface area (Å²) >= 11 is 6.71. The van der Waals surface area contributed by atoms with Crippen molar-refractivity contribution >= 4 is 45.9 Å². The number of amides is 2. The molecule has 1 unspecified atom stereocenters. The van der Waals surface area contributed by atoms with Crippen LogP contribution >= 0.6 is 11.6 Å². The highest BCUT2D eigenvalue weighted by Gasteiger charge is 2.41. The van der Waals surface area contributed by atoms with Gasteiger partial charge in [0.25, 0.3) is 0 Å². The molecule has 13 nitrogen and oxygen atoms in total. The third kappa shape index (κ3) is 6.77. The lowest BCUT2D eigenvalue weighted by Crippen LogP contribution is -2.55. The van der Waals surface area contributed by atoms with Crippen LogP contribution in [0.3, 0.4) is 0 Å². The van der Waals surface area contributed by atoms with Crippen LogP contribution in [0.15, 0.2) is 36.4 Å². The summed E-state index contributed by atoms with van der Waals surface area (Å²) in [6.07, 6.45) is 2.01. The molecule has 2 amide bonds. The zero-order valence-corrected chi connectivity index (χ0v) is 28.2. The second kappa shape index (κ2) is 14.2. The fourth-order valence-electron chi connectivity index (χ4n) is 7.46.